The van der Waals surface area contributed by atoms with Crippen LogP contribution in [0.25, 0.3) is 0 Å². The van der Waals surface area contributed by atoms with E-state index in [2.05, 4.69) is 22.6 Å². The van der Waals surface area contributed by atoms with Crippen LogP contribution in [0.4, 0.5) is 5.69 Å². The summed E-state index contributed by atoms with van der Waals surface area (Å²) in [6.45, 7) is 0.767. The van der Waals surface area contributed by atoms with E-state index in [0.717, 1.165) is 22.2 Å². The van der Waals surface area contributed by atoms with Gasteiger partial charge < -0.3 is 4.90 Å². The molecule has 1 aliphatic heterocycles. The van der Waals surface area contributed by atoms with Gasteiger partial charge in [-0.05, 0) is 65.4 Å². The van der Waals surface area contributed by atoms with Gasteiger partial charge in [-0.1, -0.05) is 12.1 Å². The van der Waals surface area contributed by atoms with Gasteiger partial charge in [-0.3, -0.25) is 9.59 Å². The molecule has 0 radical (unpaired) electrons. The molecule has 1 aliphatic rings. The molecule has 1 fully saturated rings. The number of ketones is 1. The smallest absolute Gasteiger partial charge is 0.227 e. The lowest BCUT2D eigenvalue weighted by Gasteiger charge is -2.15. The first-order chi connectivity index (χ1) is 10.2. The Kier molecular flexibility index (Phi) is 4.05. The molecular weight excluding hydrogens is 377 g/mol. The SMILES string of the molecule is O=C(c1ccc(N2CCCC2=O)cc1)c1ccccc1I. The van der Waals surface area contributed by atoms with Crippen LogP contribution in [0.15, 0.2) is 48.5 Å². The van der Waals surface area contributed by atoms with Crippen molar-refractivity contribution in [2.45, 2.75) is 12.8 Å². The molecule has 2 aromatic carbocycles. The Balaban J connectivity index is 1.86. The number of benzene rings is 2. The van der Waals surface area contributed by atoms with Crippen LogP contribution in [-0.4, -0.2) is 18.2 Å². The molecule has 0 aromatic heterocycles. The second-order valence-electron chi connectivity index (χ2n) is 5.00. The van der Waals surface area contributed by atoms with Crippen molar-refractivity contribution in [3.05, 3.63) is 63.2 Å². The lowest BCUT2D eigenvalue weighted by atomic mass is 10.0. The molecule has 2 aromatic rings. The van der Waals surface area contributed by atoms with Gasteiger partial charge in [-0.2, -0.15) is 0 Å². The summed E-state index contributed by atoms with van der Waals surface area (Å²) in [5.41, 5.74) is 2.23. The maximum Gasteiger partial charge on any atom is 0.227 e. The van der Waals surface area contributed by atoms with E-state index in [1.165, 1.54) is 0 Å². The van der Waals surface area contributed by atoms with Crippen molar-refractivity contribution < 1.29 is 9.59 Å². The molecule has 106 valence electrons. The van der Waals surface area contributed by atoms with Crippen LogP contribution in [0.3, 0.4) is 0 Å². The van der Waals surface area contributed by atoms with Crippen LogP contribution in [0.1, 0.15) is 28.8 Å². The molecule has 0 N–H and O–H groups in total. The fourth-order valence-corrected chi connectivity index (χ4v) is 3.15. The van der Waals surface area contributed by atoms with Gasteiger partial charge in [0.25, 0.3) is 0 Å². The molecule has 0 saturated carbocycles. The zero-order chi connectivity index (χ0) is 14.8. The van der Waals surface area contributed by atoms with Crippen molar-refractivity contribution in [1.82, 2.24) is 0 Å². The fourth-order valence-electron chi connectivity index (χ4n) is 2.51. The van der Waals surface area contributed by atoms with E-state index in [9.17, 15) is 9.59 Å². The molecule has 3 nitrogen and oxygen atoms in total. The summed E-state index contributed by atoms with van der Waals surface area (Å²) < 4.78 is 0.943. The van der Waals surface area contributed by atoms with E-state index in [1.54, 1.807) is 17.0 Å². The van der Waals surface area contributed by atoms with Crippen LogP contribution in [0.2, 0.25) is 0 Å². The minimum absolute atomic E-state index is 0.0132. The molecule has 1 amide bonds. The third kappa shape index (κ3) is 2.85. The maximum atomic E-state index is 12.5. The van der Waals surface area contributed by atoms with Crippen molar-refractivity contribution in [3.63, 3.8) is 0 Å². The van der Waals surface area contributed by atoms with E-state index in [4.69, 9.17) is 0 Å². The highest BCUT2D eigenvalue weighted by atomic mass is 127. The molecule has 0 spiro atoms. The number of carbonyl (C=O) groups excluding carboxylic acids is 2. The van der Waals surface area contributed by atoms with Crippen molar-refractivity contribution in [1.29, 1.82) is 0 Å². The summed E-state index contributed by atoms with van der Waals surface area (Å²) in [5.74, 6) is 0.172. The summed E-state index contributed by atoms with van der Waals surface area (Å²) >= 11 is 2.17. The average molecular weight is 391 g/mol. The number of anilines is 1. The summed E-state index contributed by atoms with van der Waals surface area (Å²) in [6.07, 6.45) is 1.52. The number of hydrogen-bond acceptors (Lipinski definition) is 2. The Hall–Kier alpha value is -1.69. The largest absolute Gasteiger partial charge is 0.312 e. The molecule has 0 atom stereocenters. The minimum Gasteiger partial charge on any atom is -0.312 e. The van der Waals surface area contributed by atoms with Crippen molar-refractivity contribution in [3.8, 4) is 0 Å². The van der Waals surface area contributed by atoms with Gasteiger partial charge in [0.15, 0.2) is 5.78 Å². The number of nitrogens with zero attached hydrogens (tertiary/aromatic N) is 1. The van der Waals surface area contributed by atoms with Crippen LogP contribution < -0.4 is 4.90 Å². The maximum absolute atomic E-state index is 12.5. The molecule has 0 bridgehead atoms. The Morgan fingerprint density at radius 2 is 1.76 bits per heavy atom. The van der Waals surface area contributed by atoms with E-state index >= 15 is 0 Å². The molecule has 4 heteroatoms. The Morgan fingerprint density at radius 1 is 1.05 bits per heavy atom. The fraction of sp³-hybridized carbons (Fsp3) is 0.176. The third-order valence-corrected chi connectivity index (χ3v) is 4.57. The summed E-state index contributed by atoms with van der Waals surface area (Å²) in [7, 11) is 0. The third-order valence-electron chi connectivity index (χ3n) is 3.63. The first kappa shape index (κ1) is 14.3. The minimum atomic E-state index is 0.0132. The van der Waals surface area contributed by atoms with E-state index in [-0.39, 0.29) is 11.7 Å². The van der Waals surface area contributed by atoms with Crippen molar-refractivity contribution >= 4 is 40.0 Å². The second-order valence-corrected chi connectivity index (χ2v) is 6.17. The monoisotopic (exact) mass is 391 g/mol. The van der Waals surface area contributed by atoms with Gasteiger partial charge in [0.2, 0.25) is 5.91 Å². The lowest BCUT2D eigenvalue weighted by Crippen LogP contribution is -2.23. The van der Waals surface area contributed by atoms with Crippen molar-refractivity contribution in [2.75, 3.05) is 11.4 Å². The molecule has 1 heterocycles. The zero-order valence-electron chi connectivity index (χ0n) is 11.4. The predicted octanol–water partition coefficient (Wildman–Crippen LogP) is 3.65. The topological polar surface area (TPSA) is 37.4 Å². The zero-order valence-corrected chi connectivity index (χ0v) is 13.5. The second kappa shape index (κ2) is 5.97. The molecule has 0 aliphatic carbocycles. The van der Waals surface area contributed by atoms with Gasteiger partial charge in [0, 0.05) is 33.4 Å². The highest BCUT2D eigenvalue weighted by Gasteiger charge is 2.21. The summed E-state index contributed by atoms with van der Waals surface area (Å²) in [5, 5.41) is 0. The molecular formula is C17H14INO2. The van der Waals surface area contributed by atoms with Crippen LogP contribution in [0, 0.1) is 3.57 Å². The van der Waals surface area contributed by atoms with E-state index in [1.807, 2.05) is 36.4 Å². The lowest BCUT2D eigenvalue weighted by molar-refractivity contribution is -0.117. The number of hydrogen-bond donors (Lipinski definition) is 0. The summed E-state index contributed by atoms with van der Waals surface area (Å²) in [4.78, 5) is 26.0. The van der Waals surface area contributed by atoms with E-state index in [0.29, 0.717) is 17.5 Å². The Bertz CT molecular complexity index is 694. The average Bonchev–Trinajstić information content (AvgIpc) is 2.93. The number of rotatable bonds is 3. The van der Waals surface area contributed by atoms with Gasteiger partial charge in [-0.15, -0.1) is 0 Å². The number of halogens is 1. The van der Waals surface area contributed by atoms with Gasteiger partial charge >= 0.3 is 0 Å². The van der Waals surface area contributed by atoms with Gasteiger partial charge in [-0.25, -0.2) is 0 Å². The van der Waals surface area contributed by atoms with Crippen molar-refractivity contribution in [2.24, 2.45) is 0 Å². The molecule has 3 rings (SSSR count). The Morgan fingerprint density at radius 3 is 2.38 bits per heavy atom. The van der Waals surface area contributed by atoms with E-state index < -0.39 is 0 Å². The predicted molar refractivity (Wildman–Crippen MR) is 90.6 cm³/mol. The van der Waals surface area contributed by atoms with Gasteiger partial charge in [0.1, 0.15) is 0 Å². The number of carbonyl (C=O) groups is 2. The first-order valence-electron chi connectivity index (χ1n) is 6.86. The van der Waals surface area contributed by atoms with Crippen LogP contribution in [0.5, 0.6) is 0 Å². The Labute approximate surface area is 137 Å². The number of amides is 1. The summed E-state index contributed by atoms with van der Waals surface area (Å²) in [6, 6.07) is 14.8. The quantitative estimate of drug-likeness (QED) is 0.592. The normalized spacial score (nSPS) is 14.5. The molecule has 21 heavy (non-hydrogen) atoms. The molecule has 1 saturated heterocycles. The highest BCUT2D eigenvalue weighted by Crippen LogP contribution is 2.23. The molecule has 0 unspecified atom stereocenters. The standard InChI is InChI=1S/C17H14INO2/c18-15-5-2-1-4-14(15)17(21)12-7-9-13(10-8-12)19-11-3-6-16(19)20/h1-2,4-5,7-10H,3,6,11H2. The first-order valence-corrected chi connectivity index (χ1v) is 7.94. The highest BCUT2D eigenvalue weighted by molar-refractivity contribution is 14.1. The van der Waals surface area contributed by atoms with Gasteiger partial charge in [0.05, 0.1) is 0 Å². The van der Waals surface area contributed by atoms with Crippen LogP contribution >= 0.6 is 22.6 Å². The van der Waals surface area contributed by atoms with Crippen LogP contribution in [-0.2, 0) is 4.79 Å².